The topological polar surface area (TPSA) is 97.1 Å². The molecule has 0 aromatic carbocycles. The predicted molar refractivity (Wildman–Crippen MR) is 69.1 cm³/mol. The van der Waals surface area contributed by atoms with Gasteiger partial charge in [0.25, 0.3) is 12.3 Å². The second-order valence-corrected chi connectivity index (χ2v) is 4.92. The summed E-state index contributed by atoms with van der Waals surface area (Å²) in [5.74, 6) is -1.11. The van der Waals surface area contributed by atoms with Crippen LogP contribution in [0.15, 0.2) is 22.8 Å². The molecule has 1 atom stereocenters. The number of halogens is 2. The summed E-state index contributed by atoms with van der Waals surface area (Å²) >= 11 is 0.568. The minimum atomic E-state index is -2.75. The second-order valence-electron chi connectivity index (χ2n) is 3.91. The molecule has 2 N–H and O–H groups in total. The fraction of sp³-hybridized carbons (Fsp3) is 0.273. The minimum absolute atomic E-state index is 0.0607. The molecule has 7 nitrogen and oxygen atoms in total. The van der Waals surface area contributed by atoms with Crippen LogP contribution in [0.1, 0.15) is 28.9 Å². The maximum Gasteiger partial charge on any atom is 0.291 e. The van der Waals surface area contributed by atoms with Gasteiger partial charge in [0, 0.05) is 0 Å². The maximum absolute atomic E-state index is 12.3. The summed E-state index contributed by atoms with van der Waals surface area (Å²) in [4.78, 5) is 23.4. The van der Waals surface area contributed by atoms with Crippen LogP contribution in [0, 0.1) is 0 Å². The molecule has 0 saturated carbocycles. The monoisotopic (exact) mass is 316 g/mol. The number of carbonyl (C=O) groups is 2. The molecule has 0 saturated heterocycles. The number of nitrogens with one attached hydrogen (secondary N) is 2. The Labute approximate surface area is 121 Å². The van der Waals surface area contributed by atoms with Crippen LogP contribution in [0.3, 0.4) is 0 Å². The van der Waals surface area contributed by atoms with Crippen LogP contribution in [-0.2, 0) is 4.79 Å². The Morgan fingerprint density at radius 3 is 2.71 bits per heavy atom. The number of anilines is 1. The van der Waals surface area contributed by atoms with Gasteiger partial charge in [0.1, 0.15) is 6.04 Å². The van der Waals surface area contributed by atoms with Crippen molar-refractivity contribution in [2.75, 3.05) is 5.32 Å². The van der Waals surface area contributed by atoms with Crippen molar-refractivity contribution in [1.29, 1.82) is 0 Å². The summed E-state index contributed by atoms with van der Waals surface area (Å²) < 4.78 is 29.5. The van der Waals surface area contributed by atoms with Crippen molar-refractivity contribution in [3.8, 4) is 0 Å². The van der Waals surface area contributed by atoms with Crippen LogP contribution in [0.5, 0.6) is 0 Å². The molecular weight excluding hydrogens is 306 g/mol. The Kier molecular flexibility index (Phi) is 4.58. The smallest absolute Gasteiger partial charge is 0.291 e. The number of rotatable bonds is 5. The maximum atomic E-state index is 12.3. The van der Waals surface area contributed by atoms with Crippen molar-refractivity contribution < 1.29 is 22.8 Å². The van der Waals surface area contributed by atoms with Crippen LogP contribution in [0.25, 0.3) is 0 Å². The lowest BCUT2D eigenvalue weighted by Gasteiger charge is -2.11. The van der Waals surface area contributed by atoms with E-state index < -0.39 is 29.3 Å². The van der Waals surface area contributed by atoms with Crippen molar-refractivity contribution in [1.82, 2.24) is 15.5 Å². The highest BCUT2D eigenvalue weighted by molar-refractivity contribution is 7.15. The highest BCUT2D eigenvalue weighted by Crippen LogP contribution is 2.25. The van der Waals surface area contributed by atoms with Crippen LogP contribution in [-0.4, -0.2) is 28.1 Å². The first-order valence-corrected chi connectivity index (χ1v) is 6.56. The molecule has 0 spiro atoms. The lowest BCUT2D eigenvalue weighted by molar-refractivity contribution is -0.117. The van der Waals surface area contributed by atoms with E-state index in [0.717, 1.165) is 0 Å². The first-order chi connectivity index (χ1) is 9.97. The van der Waals surface area contributed by atoms with E-state index in [-0.39, 0.29) is 10.9 Å². The molecular formula is C11H10F2N4O3S. The zero-order valence-electron chi connectivity index (χ0n) is 10.7. The molecule has 2 rings (SSSR count). The van der Waals surface area contributed by atoms with Gasteiger partial charge >= 0.3 is 0 Å². The van der Waals surface area contributed by atoms with Gasteiger partial charge in [-0.05, 0) is 19.1 Å². The van der Waals surface area contributed by atoms with E-state index in [1.807, 2.05) is 0 Å². The number of aromatic nitrogens is 2. The summed E-state index contributed by atoms with van der Waals surface area (Å²) in [5, 5.41) is 10.8. The zero-order valence-corrected chi connectivity index (χ0v) is 11.5. The average Bonchev–Trinajstić information content (AvgIpc) is 3.09. The molecule has 2 amide bonds. The summed E-state index contributed by atoms with van der Waals surface area (Å²) in [6, 6.07) is 2.08. The molecule has 2 aromatic rings. The third kappa shape index (κ3) is 3.81. The van der Waals surface area contributed by atoms with Crippen LogP contribution in [0.4, 0.5) is 13.9 Å². The second kappa shape index (κ2) is 6.39. The molecule has 112 valence electrons. The number of nitrogens with zero attached hydrogens (tertiary/aromatic N) is 2. The molecule has 0 radical (unpaired) electrons. The molecule has 21 heavy (non-hydrogen) atoms. The summed E-state index contributed by atoms with van der Waals surface area (Å²) in [5.41, 5.74) is 0. The molecule has 2 heterocycles. The Hall–Kier alpha value is -2.36. The van der Waals surface area contributed by atoms with Crippen molar-refractivity contribution in [3.05, 3.63) is 29.2 Å². The molecule has 10 heteroatoms. The van der Waals surface area contributed by atoms with Gasteiger partial charge in [-0.2, -0.15) is 0 Å². The summed E-state index contributed by atoms with van der Waals surface area (Å²) in [6.07, 6.45) is -1.42. The Morgan fingerprint density at radius 2 is 2.14 bits per heavy atom. The fourth-order valence-corrected chi connectivity index (χ4v) is 1.93. The summed E-state index contributed by atoms with van der Waals surface area (Å²) in [6.45, 7) is 1.44. The lowest BCUT2D eigenvalue weighted by Crippen LogP contribution is -2.41. The fourth-order valence-electron chi connectivity index (χ4n) is 1.33. The number of hydrogen-bond donors (Lipinski definition) is 2. The minimum Gasteiger partial charge on any atom is -0.459 e. The number of furan rings is 1. The molecule has 0 aliphatic rings. The highest BCUT2D eigenvalue weighted by atomic mass is 32.1. The molecule has 0 bridgehead atoms. The molecule has 0 fully saturated rings. The van der Waals surface area contributed by atoms with Gasteiger partial charge in [0.15, 0.2) is 10.8 Å². The van der Waals surface area contributed by atoms with Gasteiger partial charge in [0.2, 0.25) is 11.0 Å². The van der Waals surface area contributed by atoms with E-state index in [1.54, 1.807) is 0 Å². The largest absolute Gasteiger partial charge is 0.459 e. The van der Waals surface area contributed by atoms with Crippen molar-refractivity contribution >= 4 is 28.3 Å². The van der Waals surface area contributed by atoms with Gasteiger partial charge in [-0.1, -0.05) is 11.3 Å². The van der Waals surface area contributed by atoms with Gasteiger partial charge in [-0.15, -0.1) is 10.2 Å². The van der Waals surface area contributed by atoms with Gasteiger partial charge in [-0.3, -0.25) is 14.9 Å². The van der Waals surface area contributed by atoms with E-state index in [4.69, 9.17) is 4.42 Å². The van der Waals surface area contributed by atoms with Gasteiger partial charge in [-0.25, -0.2) is 8.78 Å². The quantitative estimate of drug-likeness (QED) is 0.877. The van der Waals surface area contributed by atoms with E-state index in [1.165, 1.54) is 25.3 Å². The van der Waals surface area contributed by atoms with Crippen molar-refractivity contribution in [3.63, 3.8) is 0 Å². The highest BCUT2D eigenvalue weighted by Gasteiger charge is 2.20. The Morgan fingerprint density at radius 1 is 1.38 bits per heavy atom. The van der Waals surface area contributed by atoms with Crippen LogP contribution in [0.2, 0.25) is 0 Å². The third-order valence-corrected chi connectivity index (χ3v) is 3.19. The lowest BCUT2D eigenvalue weighted by atomic mass is 10.3. The van der Waals surface area contributed by atoms with Crippen molar-refractivity contribution in [2.45, 2.75) is 19.4 Å². The first-order valence-electron chi connectivity index (χ1n) is 5.74. The zero-order chi connectivity index (χ0) is 15.4. The normalized spacial score (nSPS) is 12.2. The van der Waals surface area contributed by atoms with E-state index in [0.29, 0.717) is 11.3 Å². The molecule has 0 aliphatic carbocycles. The molecule has 2 aromatic heterocycles. The van der Waals surface area contributed by atoms with E-state index in [2.05, 4.69) is 20.8 Å². The number of carbonyl (C=O) groups excluding carboxylic acids is 2. The first kappa shape index (κ1) is 15.0. The summed E-state index contributed by atoms with van der Waals surface area (Å²) in [7, 11) is 0. The molecule has 0 unspecified atom stereocenters. The Balaban J connectivity index is 1.91. The predicted octanol–water partition coefficient (Wildman–Crippen LogP) is 1.83. The van der Waals surface area contributed by atoms with Crippen LogP contribution >= 0.6 is 11.3 Å². The third-order valence-electron chi connectivity index (χ3n) is 2.34. The van der Waals surface area contributed by atoms with Crippen molar-refractivity contribution in [2.24, 2.45) is 0 Å². The van der Waals surface area contributed by atoms with Gasteiger partial charge in [0.05, 0.1) is 6.26 Å². The van der Waals surface area contributed by atoms with E-state index in [9.17, 15) is 18.4 Å². The van der Waals surface area contributed by atoms with E-state index >= 15 is 0 Å². The van der Waals surface area contributed by atoms with Crippen LogP contribution < -0.4 is 10.6 Å². The number of alkyl halides is 2. The standard InChI is InChI=1S/C11H10F2N4O3S/c1-5(14-9(19)6-3-2-4-20-6)8(18)15-11-17-16-10(21-11)7(12)13/h2-5,7H,1H3,(H,14,19)(H,15,17,18)/t5-/m1/s1. The number of amides is 2. The average molecular weight is 316 g/mol. The van der Waals surface area contributed by atoms with Gasteiger partial charge < -0.3 is 9.73 Å². The molecule has 0 aliphatic heterocycles. The Bertz CT molecular complexity index is 629. The SMILES string of the molecule is C[C@@H](NC(=O)c1ccco1)C(=O)Nc1nnc(C(F)F)s1. The number of hydrogen-bond acceptors (Lipinski definition) is 6.